The summed E-state index contributed by atoms with van der Waals surface area (Å²) in [5.74, 6) is -0.179. The van der Waals surface area contributed by atoms with E-state index in [2.05, 4.69) is 16.0 Å². The second kappa shape index (κ2) is 3.05. The van der Waals surface area contributed by atoms with E-state index < -0.39 is 0 Å². The number of rotatable bonds is 1. The molecule has 5 nitrogen and oxygen atoms in total. The summed E-state index contributed by atoms with van der Waals surface area (Å²) < 4.78 is 0. The number of nitrogens with one attached hydrogen (secondary N) is 3. The fourth-order valence-corrected chi connectivity index (χ4v) is 0.754. The summed E-state index contributed by atoms with van der Waals surface area (Å²) in [7, 11) is 0. The van der Waals surface area contributed by atoms with Gasteiger partial charge in [-0.15, -0.1) is 0 Å². The molecule has 0 unspecified atom stereocenters. The first-order chi connectivity index (χ1) is 5.18. The summed E-state index contributed by atoms with van der Waals surface area (Å²) in [6, 6.07) is -0.314. The van der Waals surface area contributed by atoms with Crippen molar-refractivity contribution in [2.24, 2.45) is 0 Å². The summed E-state index contributed by atoms with van der Waals surface area (Å²) in [6.45, 7) is 1.39. The summed E-state index contributed by atoms with van der Waals surface area (Å²) in [4.78, 5) is 21.1. The van der Waals surface area contributed by atoms with Crippen molar-refractivity contribution in [3.05, 3.63) is 12.3 Å². The molecule has 3 N–H and O–H groups in total. The first kappa shape index (κ1) is 7.59. The van der Waals surface area contributed by atoms with Crippen molar-refractivity contribution in [1.82, 2.24) is 16.0 Å². The zero-order valence-electron chi connectivity index (χ0n) is 6.05. The Morgan fingerprint density at radius 3 is 3.00 bits per heavy atom. The van der Waals surface area contributed by atoms with Crippen LogP contribution in [0.3, 0.4) is 0 Å². The van der Waals surface area contributed by atoms with Crippen molar-refractivity contribution in [2.75, 3.05) is 0 Å². The zero-order valence-corrected chi connectivity index (χ0v) is 6.05. The van der Waals surface area contributed by atoms with E-state index in [4.69, 9.17) is 0 Å². The molecule has 0 aromatic carbocycles. The molecular weight excluding hydrogens is 146 g/mol. The average molecular weight is 155 g/mol. The minimum atomic E-state index is -0.388. The third-order valence-electron chi connectivity index (χ3n) is 1.15. The molecule has 60 valence electrons. The van der Waals surface area contributed by atoms with Gasteiger partial charge >= 0.3 is 6.03 Å². The summed E-state index contributed by atoms with van der Waals surface area (Å²) >= 11 is 0. The molecule has 11 heavy (non-hydrogen) atoms. The van der Waals surface area contributed by atoms with Gasteiger partial charge in [0.1, 0.15) is 6.17 Å². The van der Waals surface area contributed by atoms with Gasteiger partial charge in [0.2, 0.25) is 5.91 Å². The van der Waals surface area contributed by atoms with Gasteiger partial charge in [0.15, 0.2) is 0 Å². The maximum Gasteiger partial charge on any atom is 0.320 e. The summed E-state index contributed by atoms with van der Waals surface area (Å²) in [5, 5.41) is 7.40. The molecule has 5 heteroatoms. The van der Waals surface area contributed by atoms with Gasteiger partial charge in [0.25, 0.3) is 0 Å². The Balaban J connectivity index is 2.46. The lowest BCUT2D eigenvalue weighted by Gasteiger charge is -2.18. The highest BCUT2D eigenvalue weighted by Crippen LogP contribution is 1.86. The lowest BCUT2D eigenvalue weighted by molar-refractivity contribution is -0.119. The maximum absolute atomic E-state index is 10.6. The second-order valence-electron chi connectivity index (χ2n) is 2.16. The average Bonchev–Trinajstić information content (AvgIpc) is 1.85. The Hall–Kier alpha value is -1.52. The first-order valence-corrected chi connectivity index (χ1v) is 3.19. The van der Waals surface area contributed by atoms with Crippen molar-refractivity contribution in [2.45, 2.75) is 13.1 Å². The number of hydrogen-bond donors (Lipinski definition) is 3. The van der Waals surface area contributed by atoms with Gasteiger partial charge in [-0.2, -0.15) is 0 Å². The molecule has 0 aromatic rings. The molecule has 0 radical (unpaired) electrons. The lowest BCUT2D eigenvalue weighted by atomic mass is 10.4. The van der Waals surface area contributed by atoms with Crippen LogP contribution in [0.2, 0.25) is 0 Å². The lowest BCUT2D eigenvalue weighted by Crippen LogP contribution is -2.51. The number of amides is 3. The topological polar surface area (TPSA) is 70.2 Å². The van der Waals surface area contributed by atoms with Crippen LogP contribution >= 0.6 is 0 Å². The van der Waals surface area contributed by atoms with E-state index in [0.717, 1.165) is 0 Å². The predicted octanol–water partition coefficient (Wildman–Crippen LogP) is -0.725. The minimum absolute atomic E-state index is 0.179. The third-order valence-corrected chi connectivity index (χ3v) is 1.15. The molecule has 0 saturated heterocycles. The van der Waals surface area contributed by atoms with Gasteiger partial charge in [0, 0.05) is 13.1 Å². The minimum Gasteiger partial charge on any atom is -0.333 e. The monoisotopic (exact) mass is 155 g/mol. The van der Waals surface area contributed by atoms with Crippen LogP contribution in [0, 0.1) is 0 Å². The fraction of sp³-hybridized carbons (Fsp3) is 0.333. The van der Waals surface area contributed by atoms with E-state index in [0.29, 0.717) is 0 Å². The highest BCUT2D eigenvalue weighted by Gasteiger charge is 2.11. The Kier molecular flexibility index (Phi) is 2.10. The van der Waals surface area contributed by atoms with Crippen LogP contribution in [0.1, 0.15) is 6.92 Å². The summed E-state index contributed by atoms with van der Waals surface area (Å²) in [5.41, 5.74) is 0. The van der Waals surface area contributed by atoms with Crippen LogP contribution in [0.15, 0.2) is 12.3 Å². The fourth-order valence-electron chi connectivity index (χ4n) is 0.754. The molecule has 0 aromatic heterocycles. The van der Waals surface area contributed by atoms with E-state index in [1.807, 2.05) is 0 Å². The Morgan fingerprint density at radius 1 is 1.73 bits per heavy atom. The van der Waals surface area contributed by atoms with Gasteiger partial charge in [0.05, 0.1) is 0 Å². The van der Waals surface area contributed by atoms with Crippen molar-refractivity contribution < 1.29 is 9.59 Å². The SMILES string of the molecule is CC(=O)N[C@@H]1C=CNC(=O)N1. The molecule has 0 bridgehead atoms. The van der Waals surface area contributed by atoms with Gasteiger partial charge in [-0.05, 0) is 6.08 Å². The second-order valence-corrected chi connectivity index (χ2v) is 2.16. The molecule has 1 rings (SSSR count). The largest absolute Gasteiger partial charge is 0.333 e. The van der Waals surface area contributed by atoms with Crippen LogP contribution in [0.25, 0.3) is 0 Å². The number of carbonyl (C=O) groups is 2. The molecule has 1 aliphatic rings. The van der Waals surface area contributed by atoms with Crippen LogP contribution < -0.4 is 16.0 Å². The van der Waals surface area contributed by atoms with Crippen molar-refractivity contribution >= 4 is 11.9 Å². The van der Waals surface area contributed by atoms with E-state index >= 15 is 0 Å². The smallest absolute Gasteiger partial charge is 0.320 e. The number of urea groups is 1. The maximum atomic E-state index is 10.6. The van der Waals surface area contributed by atoms with Crippen LogP contribution in [0.5, 0.6) is 0 Å². The van der Waals surface area contributed by atoms with Gasteiger partial charge in [-0.3, -0.25) is 4.79 Å². The highest BCUT2D eigenvalue weighted by molar-refractivity contribution is 5.79. The van der Waals surface area contributed by atoms with Crippen molar-refractivity contribution in [3.63, 3.8) is 0 Å². The molecule has 1 aliphatic heterocycles. The Bertz CT molecular complexity index is 212. The van der Waals surface area contributed by atoms with E-state index in [1.54, 1.807) is 6.08 Å². The highest BCUT2D eigenvalue weighted by atomic mass is 16.2. The third kappa shape index (κ3) is 2.29. The Labute approximate surface area is 63.8 Å². The molecule has 1 heterocycles. The quantitative estimate of drug-likeness (QED) is 0.467. The molecule has 0 spiro atoms. The first-order valence-electron chi connectivity index (χ1n) is 3.19. The molecule has 3 amide bonds. The van der Waals surface area contributed by atoms with E-state index in [-0.39, 0.29) is 18.1 Å². The molecule has 0 saturated carbocycles. The van der Waals surface area contributed by atoms with Crippen molar-refractivity contribution in [3.8, 4) is 0 Å². The van der Waals surface area contributed by atoms with Gasteiger partial charge in [-0.1, -0.05) is 0 Å². The van der Waals surface area contributed by atoms with Gasteiger partial charge < -0.3 is 16.0 Å². The van der Waals surface area contributed by atoms with Crippen molar-refractivity contribution in [1.29, 1.82) is 0 Å². The van der Waals surface area contributed by atoms with Crippen LogP contribution in [0.4, 0.5) is 4.79 Å². The summed E-state index contributed by atoms with van der Waals surface area (Å²) in [6.07, 6.45) is 2.74. The van der Waals surface area contributed by atoms with E-state index in [1.165, 1.54) is 13.1 Å². The molecule has 0 fully saturated rings. The number of hydrogen-bond acceptors (Lipinski definition) is 2. The molecular formula is C6H9N3O2. The zero-order chi connectivity index (χ0) is 8.27. The standard InChI is InChI=1S/C6H9N3O2/c1-4(10)8-5-2-3-7-6(11)9-5/h2-3,5H,1H3,(H,8,10)(H2,7,9,11)/t5-/m0/s1. The Morgan fingerprint density at radius 2 is 2.45 bits per heavy atom. The predicted molar refractivity (Wildman–Crippen MR) is 38.4 cm³/mol. The van der Waals surface area contributed by atoms with Gasteiger partial charge in [-0.25, -0.2) is 4.79 Å². The van der Waals surface area contributed by atoms with E-state index in [9.17, 15) is 9.59 Å². The molecule has 1 atom stereocenters. The number of carbonyl (C=O) groups excluding carboxylic acids is 2. The van der Waals surface area contributed by atoms with Crippen LogP contribution in [-0.4, -0.2) is 18.1 Å². The van der Waals surface area contributed by atoms with Crippen LogP contribution in [-0.2, 0) is 4.79 Å². The molecule has 0 aliphatic carbocycles. The normalized spacial score (nSPS) is 21.9.